The van der Waals surface area contributed by atoms with Crippen LogP contribution in [0.4, 0.5) is 32.2 Å². The molecule has 0 radical (unpaired) electrons. The summed E-state index contributed by atoms with van der Waals surface area (Å²) in [6.45, 7) is -0.0489. The smallest absolute Gasteiger partial charge is 0.417 e. The maximum Gasteiger partial charge on any atom is 0.417 e. The van der Waals surface area contributed by atoms with Crippen LogP contribution in [0, 0.1) is 0 Å². The molecule has 7 nitrogen and oxygen atoms in total. The van der Waals surface area contributed by atoms with Gasteiger partial charge in [-0.25, -0.2) is 14.8 Å². The van der Waals surface area contributed by atoms with Gasteiger partial charge in [-0.1, -0.05) is 0 Å². The third-order valence-electron chi connectivity index (χ3n) is 5.89. The highest BCUT2D eigenvalue weighted by Crippen LogP contribution is 2.44. The molecule has 0 saturated carbocycles. The number of esters is 1. The lowest BCUT2D eigenvalue weighted by atomic mass is 10.0. The first-order valence-corrected chi connectivity index (χ1v) is 11.6. The Bertz CT molecular complexity index is 1110. The molecular weight excluding hydrogens is 502 g/mol. The number of anilines is 1. The first kappa shape index (κ1) is 25.2. The molecule has 1 N–H and O–H groups in total. The van der Waals surface area contributed by atoms with Crippen molar-refractivity contribution in [3.8, 4) is 10.4 Å². The summed E-state index contributed by atoms with van der Waals surface area (Å²) in [5, 5.41) is 1.52. The number of nitrogens with zero attached hydrogens (tertiary/aromatic N) is 3. The van der Waals surface area contributed by atoms with Gasteiger partial charge in [0.15, 0.2) is 0 Å². The molecule has 0 unspecified atom stereocenters. The maximum atomic E-state index is 14.0. The summed E-state index contributed by atoms with van der Waals surface area (Å²) in [5.74, 6) is -2.13. The second-order valence-electron chi connectivity index (χ2n) is 8.17. The van der Waals surface area contributed by atoms with E-state index in [1.54, 1.807) is 11.8 Å². The molecule has 2 aliphatic heterocycles. The normalized spacial score (nSPS) is 19.8. The molecule has 0 aliphatic carbocycles. The second-order valence-corrected chi connectivity index (χ2v) is 9.17. The number of fused-ring (bicyclic) bond motifs is 2. The molecule has 2 aliphatic rings. The molecule has 2 fully saturated rings. The fourth-order valence-electron chi connectivity index (χ4n) is 4.45. The summed E-state index contributed by atoms with van der Waals surface area (Å²) in [7, 11) is 0. The topological polar surface area (TPSA) is 84.4 Å². The lowest BCUT2D eigenvalue weighted by molar-refractivity contribution is -0.137. The number of ether oxygens (including phenoxy) is 1. The van der Waals surface area contributed by atoms with E-state index >= 15 is 0 Å². The van der Waals surface area contributed by atoms with Crippen LogP contribution < -0.4 is 5.32 Å². The van der Waals surface area contributed by atoms with Gasteiger partial charge in [0.1, 0.15) is 18.1 Å². The zero-order valence-corrected chi connectivity index (χ0v) is 19.1. The zero-order valence-electron chi connectivity index (χ0n) is 18.3. The van der Waals surface area contributed by atoms with Crippen molar-refractivity contribution in [3.63, 3.8) is 0 Å². The van der Waals surface area contributed by atoms with Crippen LogP contribution in [0.15, 0.2) is 12.3 Å². The van der Waals surface area contributed by atoms with Crippen LogP contribution in [0.25, 0.3) is 10.4 Å². The number of carbonyl (C=O) groups is 2. The number of hydrogen-bond donors (Lipinski definition) is 1. The number of pyridine rings is 1. The van der Waals surface area contributed by atoms with Crippen molar-refractivity contribution in [2.75, 3.05) is 18.5 Å². The number of halogens is 6. The van der Waals surface area contributed by atoms with Gasteiger partial charge >= 0.3 is 18.3 Å². The Kier molecular flexibility index (Phi) is 6.68. The van der Waals surface area contributed by atoms with Crippen LogP contribution in [0.5, 0.6) is 0 Å². The summed E-state index contributed by atoms with van der Waals surface area (Å²) in [6.07, 6.45) is -5.83. The van der Waals surface area contributed by atoms with Crippen molar-refractivity contribution >= 4 is 29.0 Å². The first-order chi connectivity index (χ1) is 16.4. The number of carbonyl (C=O) groups excluding carboxylic acids is 2. The minimum Gasteiger partial charge on any atom is -0.461 e. The van der Waals surface area contributed by atoms with Gasteiger partial charge in [-0.05, 0) is 38.7 Å². The quantitative estimate of drug-likeness (QED) is 0.418. The van der Waals surface area contributed by atoms with Crippen LogP contribution in [0.1, 0.15) is 58.5 Å². The van der Waals surface area contributed by atoms with Crippen molar-refractivity contribution in [1.82, 2.24) is 14.9 Å². The molecule has 2 aromatic heterocycles. The molecule has 14 heteroatoms. The van der Waals surface area contributed by atoms with Gasteiger partial charge in [-0.15, -0.1) is 11.3 Å². The summed E-state index contributed by atoms with van der Waals surface area (Å²) in [6, 6.07) is 0.336. The van der Waals surface area contributed by atoms with Crippen LogP contribution >= 0.6 is 11.3 Å². The van der Waals surface area contributed by atoms with Gasteiger partial charge in [0.05, 0.1) is 17.0 Å². The van der Waals surface area contributed by atoms with Crippen molar-refractivity contribution in [3.05, 3.63) is 28.5 Å². The summed E-state index contributed by atoms with van der Waals surface area (Å²) in [4.78, 5) is 34.8. The molecule has 2 saturated heterocycles. The molecule has 1 amide bonds. The van der Waals surface area contributed by atoms with Gasteiger partial charge in [-0.3, -0.25) is 4.79 Å². The van der Waals surface area contributed by atoms with Gasteiger partial charge < -0.3 is 15.0 Å². The zero-order chi connectivity index (χ0) is 25.5. The van der Waals surface area contributed by atoms with E-state index in [-0.39, 0.29) is 34.3 Å². The fourth-order valence-corrected chi connectivity index (χ4v) is 5.43. The minimum atomic E-state index is -4.99. The van der Waals surface area contributed by atoms with Crippen molar-refractivity contribution in [1.29, 1.82) is 0 Å². The predicted octanol–water partition coefficient (Wildman–Crippen LogP) is 5.14. The van der Waals surface area contributed by atoms with E-state index in [1.807, 2.05) is 5.32 Å². The van der Waals surface area contributed by atoms with E-state index in [9.17, 15) is 35.9 Å². The molecule has 4 rings (SSSR count). The molecule has 190 valence electrons. The van der Waals surface area contributed by atoms with Crippen molar-refractivity contribution in [2.24, 2.45) is 0 Å². The Hall–Kier alpha value is -2.90. The highest BCUT2D eigenvalue weighted by molar-refractivity contribution is 7.17. The first-order valence-electron chi connectivity index (χ1n) is 10.8. The average molecular weight is 522 g/mol. The number of nitrogens with one attached hydrogen (secondary N) is 1. The summed E-state index contributed by atoms with van der Waals surface area (Å²) >= 11 is 0.551. The van der Waals surface area contributed by atoms with E-state index in [0.717, 1.165) is 31.9 Å². The van der Waals surface area contributed by atoms with E-state index in [0.29, 0.717) is 17.4 Å². The Labute approximate surface area is 199 Å². The van der Waals surface area contributed by atoms with Gasteiger partial charge in [-0.2, -0.15) is 26.3 Å². The molecule has 0 spiro atoms. The Balaban J connectivity index is 1.80. The van der Waals surface area contributed by atoms with Crippen LogP contribution in [-0.4, -0.2) is 58.2 Å². The maximum absolute atomic E-state index is 14.0. The molecule has 0 aromatic carbocycles. The molecule has 4 heterocycles. The third-order valence-corrected chi connectivity index (χ3v) is 6.96. The fraction of sp³-hybridized carbons (Fsp3) is 0.524. The average Bonchev–Trinajstić information content (AvgIpc) is 3.50. The lowest BCUT2D eigenvalue weighted by Gasteiger charge is -2.22. The van der Waals surface area contributed by atoms with Crippen molar-refractivity contribution < 1.29 is 40.7 Å². The Morgan fingerprint density at radius 3 is 2.31 bits per heavy atom. The van der Waals surface area contributed by atoms with Gasteiger partial charge in [0, 0.05) is 23.8 Å². The third kappa shape index (κ3) is 5.21. The number of thiazole rings is 1. The van der Waals surface area contributed by atoms with Gasteiger partial charge in [0.2, 0.25) is 5.01 Å². The predicted molar refractivity (Wildman–Crippen MR) is 113 cm³/mol. The highest BCUT2D eigenvalue weighted by Gasteiger charge is 2.45. The van der Waals surface area contributed by atoms with Crippen molar-refractivity contribution in [2.45, 2.75) is 57.0 Å². The number of amides is 1. The van der Waals surface area contributed by atoms with Crippen LogP contribution in [-0.2, 0) is 10.9 Å². The van der Waals surface area contributed by atoms with E-state index in [2.05, 4.69) is 9.97 Å². The minimum absolute atomic E-state index is 0.0117. The van der Waals surface area contributed by atoms with Crippen LogP contribution in [0.3, 0.4) is 0 Å². The van der Waals surface area contributed by atoms with Crippen LogP contribution in [0.2, 0.25) is 0 Å². The largest absolute Gasteiger partial charge is 0.461 e. The Morgan fingerprint density at radius 2 is 1.77 bits per heavy atom. The molecule has 0 atom stereocenters. The molecule has 2 aromatic rings. The second kappa shape index (κ2) is 9.28. The standard InChI is InChI=1S/C21H20F6N4O3S/c1-2-34-19(33)17-30-15(18(32)31-10-3-4-11(31)6-5-10)16(35-17)12-8-28-14(29-9-20(22,23)24)7-13(12)21(25,26)27/h7-8,10-11H,2-6,9H2,1H3,(H,28,29). The number of hydrogen-bond acceptors (Lipinski definition) is 7. The summed E-state index contributed by atoms with van der Waals surface area (Å²) in [5.41, 5.74) is -2.20. The molecule has 2 bridgehead atoms. The Morgan fingerprint density at radius 1 is 1.14 bits per heavy atom. The highest BCUT2D eigenvalue weighted by atomic mass is 32.1. The SMILES string of the molecule is CCOC(=O)c1nc(C(=O)N2C3CCC2CC3)c(-c2cnc(NCC(F)(F)F)cc2C(F)(F)F)s1. The number of aromatic nitrogens is 2. The molecule has 35 heavy (non-hydrogen) atoms. The lowest BCUT2D eigenvalue weighted by Crippen LogP contribution is -2.35. The summed E-state index contributed by atoms with van der Waals surface area (Å²) < 4.78 is 84.3. The monoisotopic (exact) mass is 522 g/mol. The van der Waals surface area contributed by atoms with E-state index in [1.165, 1.54) is 0 Å². The van der Waals surface area contributed by atoms with E-state index in [4.69, 9.17) is 4.74 Å². The van der Waals surface area contributed by atoms with E-state index < -0.39 is 47.7 Å². The molecular formula is C21H20F6N4O3S. The van der Waals surface area contributed by atoms with Gasteiger partial charge in [0.25, 0.3) is 5.91 Å². The number of alkyl halides is 6. The number of rotatable bonds is 6.